The number of aliphatic hydroxyl groups excluding tert-OH is 4. The fraction of sp³-hybridized carbons (Fsp3) is 0.500. The molecule has 0 saturated carbocycles. The standard InChI is InChI=1S/C18H23FN2O5S/c1-8-3-4-10(6-12(8)19)5-11-9(2)20-21-17(11)26-18-16(25)15(24)14(23)13(7-22)27-18/h3-4,6,13-16,18,22-25H,5,7H2,1-2H3,(H,20,21)/t13-,14-,15+,16-,18-/m1/s1. The number of rotatable bonds is 5. The maximum Gasteiger partial charge on any atom is 0.237 e. The summed E-state index contributed by atoms with van der Waals surface area (Å²) in [6, 6.07) is 4.98. The first kappa shape index (κ1) is 20.1. The second kappa shape index (κ2) is 8.15. The zero-order valence-electron chi connectivity index (χ0n) is 15.0. The van der Waals surface area contributed by atoms with E-state index >= 15 is 0 Å². The number of H-pyrrole nitrogens is 1. The van der Waals surface area contributed by atoms with Crippen LogP contribution in [-0.2, 0) is 6.42 Å². The Morgan fingerprint density at radius 2 is 1.93 bits per heavy atom. The highest BCUT2D eigenvalue weighted by molar-refractivity contribution is 8.00. The van der Waals surface area contributed by atoms with E-state index in [1.165, 1.54) is 6.07 Å². The van der Waals surface area contributed by atoms with Gasteiger partial charge in [0.05, 0.1) is 18.0 Å². The summed E-state index contributed by atoms with van der Waals surface area (Å²) in [6.07, 6.45) is -3.68. The number of aromatic amines is 1. The predicted octanol–water partition coefficient (Wildman–Crippen LogP) is 0.652. The molecular weight excluding hydrogens is 375 g/mol. The number of hydrogen-bond donors (Lipinski definition) is 5. The van der Waals surface area contributed by atoms with Gasteiger partial charge in [-0.15, -0.1) is 16.9 Å². The summed E-state index contributed by atoms with van der Waals surface area (Å²) >= 11 is 1.03. The highest BCUT2D eigenvalue weighted by Crippen LogP contribution is 2.35. The lowest BCUT2D eigenvalue weighted by Crippen LogP contribution is -2.55. The Balaban J connectivity index is 1.81. The second-order valence-electron chi connectivity index (χ2n) is 6.71. The van der Waals surface area contributed by atoms with Crippen LogP contribution in [0.2, 0.25) is 0 Å². The normalized spacial score (nSPS) is 28.3. The average Bonchev–Trinajstić information content (AvgIpc) is 2.98. The number of thioether (sulfide) groups is 1. The zero-order valence-corrected chi connectivity index (χ0v) is 15.8. The van der Waals surface area contributed by atoms with E-state index in [9.17, 15) is 24.8 Å². The predicted molar refractivity (Wildman–Crippen MR) is 98.2 cm³/mol. The molecule has 0 aliphatic carbocycles. The largest absolute Gasteiger partial charge is 0.459 e. The van der Waals surface area contributed by atoms with Crippen molar-refractivity contribution in [3.63, 3.8) is 0 Å². The minimum Gasteiger partial charge on any atom is -0.459 e. The molecule has 1 fully saturated rings. The van der Waals surface area contributed by atoms with Crippen molar-refractivity contribution in [1.29, 1.82) is 0 Å². The Labute approximate surface area is 160 Å². The minimum atomic E-state index is -1.44. The van der Waals surface area contributed by atoms with E-state index in [0.29, 0.717) is 17.5 Å². The molecule has 5 atom stereocenters. The fourth-order valence-corrected chi connectivity index (χ4v) is 4.18. The summed E-state index contributed by atoms with van der Waals surface area (Å²) < 4.78 is 19.6. The molecule has 1 aromatic carbocycles. The summed E-state index contributed by atoms with van der Waals surface area (Å²) in [6.45, 7) is 3.12. The molecule has 148 valence electrons. The average molecular weight is 398 g/mol. The number of halogens is 1. The molecule has 1 aromatic heterocycles. The number of aryl methyl sites for hydroxylation is 2. The highest BCUT2D eigenvalue weighted by Gasteiger charge is 2.44. The number of aliphatic hydroxyl groups is 4. The summed E-state index contributed by atoms with van der Waals surface area (Å²) in [4.78, 5) is 0. The molecular formula is C18H23FN2O5S. The van der Waals surface area contributed by atoms with Crippen molar-refractivity contribution in [1.82, 2.24) is 10.2 Å². The maximum atomic E-state index is 13.8. The van der Waals surface area contributed by atoms with Gasteiger partial charge >= 0.3 is 0 Å². The summed E-state index contributed by atoms with van der Waals surface area (Å²) in [7, 11) is 0. The van der Waals surface area contributed by atoms with Gasteiger partial charge in [0.1, 0.15) is 18.0 Å². The summed E-state index contributed by atoms with van der Waals surface area (Å²) in [5.41, 5.74) is 1.82. The van der Waals surface area contributed by atoms with E-state index in [-0.39, 0.29) is 18.3 Å². The van der Waals surface area contributed by atoms with Gasteiger partial charge in [-0.3, -0.25) is 5.10 Å². The minimum absolute atomic E-state index is 0.227. The van der Waals surface area contributed by atoms with Crippen LogP contribution in [0.1, 0.15) is 22.4 Å². The van der Waals surface area contributed by atoms with Crippen LogP contribution in [0.25, 0.3) is 0 Å². The van der Waals surface area contributed by atoms with Gasteiger partial charge in [-0.1, -0.05) is 12.1 Å². The van der Waals surface area contributed by atoms with Crippen LogP contribution in [0.3, 0.4) is 0 Å². The monoisotopic (exact) mass is 398 g/mol. The van der Waals surface area contributed by atoms with Crippen LogP contribution in [0, 0.1) is 19.7 Å². The molecule has 2 heterocycles. The topological polar surface area (TPSA) is 119 Å². The first-order valence-electron chi connectivity index (χ1n) is 8.57. The van der Waals surface area contributed by atoms with E-state index in [2.05, 4.69) is 10.2 Å². The van der Waals surface area contributed by atoms with E-state index in [1.807, 2.05) is 6.07 Å². The number of aromatic nitrogens is 2. The van der Waals surface area contributed by atoms with Gasteiger partial charge in [-0.05, 0) is 31.0 Å². The third-order valence-corrected chi connectivity index (χ3v) is 6.15. The SMILES string of the molecule is Cc1ccc(Cc2c(O[C@@H]3S[C@H](CO)[C@@H](O)[C@H](O)[C@H]3O)n[nH]c2C)cc1F. The lowest BCUT2D eigenvalue weighted by Gasteiger charge is -2.38. The van der Waals surface area contributed by atoms with Crippen molar-refractivity contribution in [2.75, 3.05) is 6.61 Å². The molecule has 9 heteroatoms. The van der Waals surface area contributed by atoms with Gasteiger partial charge in [-0.2, -0.15) is 0 Å². The van der Waals surface area contributed by atoms with Crippen molar-refractivity contribution in [3.8, 4) is 5.88 Å². The molecule has 0 bridgehead atoms. The maximum absolute atomic E-state index is 13.8. The lowest BCUT2D eigenvalue weighted by molar-refractivity contribution is -0.0915. The third-order valence-electron chi connectivity index (χ3n) is 4.73. The van der Waals surface area contributed by atoms with Crippen molar-refractivity contribution in [2.45, 2.75) is 49.3 Å². The van der Waals surface area contributed by atoms with Crippen molar-refractivity contribution >= 4 is 11.8 Å². The molecule has 1 aliphatic heterocycles. The first-order valence-corrected chi connectivity index (χ1v) is 9.52. The molecule has 7 nitrogen and oxygen atoms in total. The van der Waals surface area contributed by atoms with Crippen molar-refractivity contribution in [3.05, 3.63) is 46.4 Å². The molecule has 5 N–H and O–H groups in total. The molecule has 0 radical (unpaired) electrons. The Morgan fingerprint density at radius 1 is 1.19 bits per heavy atom. The van der Waals surface area contributed by atoms with Crippen molar-refractivity contribution in [2.24, 2.45) is 0 Å². The van der Waals surface area contributed by atoms with E-state index in [4.69, 9.17) is 4.74 Å². The number of ether oxygens (including phenoxy) is 1. The Hall–Kier alpha value is -1.65. The van der Waals surface area contributed by atoms with E-state index in [1.54, 1.807) is 19.9 Å². The lowest BCUT2D eigenvalue weighted by atomic mass is 10.0. The number of nitrogens with one attached hydrogen (secondary N) is 1. The van der Waals surface area contributed by atoms with Crippen LogP contribution in [0.15, 0.2) is 18.2 Å². The fourth-order valence-electron chi connectivity index (χ4n) is 2.96. The van der Waals surface area contributed by atoms with Gasteiger partial charge in [-0.25, -0.2) is 4.39 Å². The van der Waals surface area contributed by atoms with Gasteiger partial charge in [0.2, 0.25) is 5.88 Å². The van der Waals surface area contributed by atoms with Gasteiger partial charge < -0.3 is 25.2 Å². The molecule has 0 amide bonds. The van der Waals surface area contributed by atoms with E-state index < -0.39 is 29.0 Å². The molecule has 3 rings (SSSR count). The van der Waals surface area contributed by atoms with Crippen LogP contribution in [-0.4, -0.2) is 66.2 Å². The summed E-state index contributed by atoms with van der Waals surface area (Å²) in [5.74, 6) is -0.0671. The third kappa shape index (κ3) is 4.12. The Bertz CT molecular complexity index is 800. The quantitative estimate of drug-likeness (QED) is 0.502. The molecule has 1 saturated heterocycles. The van der Waals surface area contributed by atoms with Crippen molar-refractivity contribution < 1.29 is 29.6 Å². The number of benzene rings is 1. The van der Waals surface area contributed by atoms with Crippen LogP contribution >= 0.6 is 11.8 Å². The van der Waals surface area contributed by atoms with Gasteiger partial charge in [0, 0.05) is 17.7 Å². The van der Waals surface area contributed by atoms with E-state index in [0.717, 1.165) is 23.0 Å². The Kier molecular flexibility index (Phi) is 6.07. The van der Waals surface area contributed by atoms with Crippen LogP contribution < -0.4 is 4.74 Å². The second-order valence-corrected chi connectivity index (χ2v) is 8.05. The molecule has 27 heavy (non-hydrogen) atoms. The number of hydrogen-bond acceptors (Lipinski definition) is 7. The summed E-state index contributed by atoms with van der Waals surface area (Å²) in [5, 5.41) is 45.7. The Morgan fingerprint density at radius 3 is 2.59 bits per heavy atom. The van der Waals surface area contributed by atoms with Gasteiger partial charge in [0.15, 0.2) is 5.44 Å². The molecule has 0 spiro atoms. The number of nitrogens with zero attached hydrogens (tertiary/aromatic N) is 1. The first-order chi connectivity index (χ1) is 12.8. The molecule has 2 aromatic rings. The zero-order chi connectivity index (χ0) is 19.7. The van der Waals surface area contributed by atoms with Gasteiger partial charge in [0.25, 0.3) is 0 Å². The molecule has 1 aliphatic rings. The van der Waals surface area contributed by atoms with Crippen LogP contribution in [0.5, 0.6) is 5.88 Å². The molecule has 0 unspecified atom stereocenters. The van der Waals surface area contributed by atoms with Crippen LogP contribution in [0.4, 0.5) is 4.39 Å². The highest BCUT2D eigenvalue weighted by atomic mass is 32.2. The smallest absolute Gasteiger partial charge is 0.237 e.